The second-order valence-corrected chi connectivity index (χ2v) is 5.15. The monoisotopic (exact) mass is 328 g/mol. The van der Waals surface area contributed by atoms with Crippen molar-refractivity contribution in [3.05, 3.63) is 21.4 Å². The van der Waals surface area contributed by atoms with Crippen LogP contribution >= 0.6 is 24.4 Å². The van der Waals surface area contributed by atoms with Crippen LogP contribution in [0.4, 0.5) is 13.2 Å². The molecule has 1 aromatic heterocycles. The third-order valence-electron chi connectivity index (χ3n) is 3.12. The van der Waals surface area contributed by atoms with E-state index in [1.54, 1.807) is 0 Å². The van der Waals surface area contributed by atoms with E-state index in [4.69, 9.17) is 22.1 Å². The van der Waals surface area contributed by atoms with Crippen LogP contribution in [0.1, 0.15) is 6.23 Å². The molecule has 1 fully saturated rings. The summed E-state index contributed by atoms with van der Waals surface area (Å²) in [6.07, 6.45) is -4.19. The van der Waals surface area contributed by atoms with Crippen molar-refractivity contribution in [2.45, 2.75) is 24.1 Å². The molecule has 1 aliphatic heterocycles. The number of hydrogen-bond donors (Lipinski definition) is 3. The van der Waals surface area contributed by atoms with Gasteiger partial charge in [-0.15, -0.1) is 0 Å². The molecule has 1 aromatic rings. The normalized spacial score (nSPS) is 33.5. The van der Waals surface area contributed by atoms with Crippen LogP contribution < -0.4 is 0 Å². The summed E-state index contributed by atoms with van der Waals surface area (Å²) in [7, 11) is 0. The van der Waals surface area contributed by atoms with Gasteiger partial charge in [0.05, 0.1) is 6.61 Å². The predicted octanol–water partition coefficient (Wildman–Crippen LogP) is 1.34. The zero-order valence-electron chi connectivity index (χ0n) is 9.92. The van der Waals surface area contributed by atoms with Gasteiger partial charge in [-0.2, -0.15) is 0 Å². The van der Waals surface area contributed by atoms with Crippen molar-refractivity contribution >= 4 is 24.4 Å². The molecule has 0 aliphatic carbocycles. The Labute approximate surface area is 121 Å². The van der Waals surface area contributed by atoms with E-state index < -0.39 is 43.2 Å². The van der Waals surface area contributed by atoms with Crippen LogP contribution in [0.3, 0.4) is 0 Å². The summed E-state index contributed by atoms with van der Waals surface area (Å²) in [5.41, 5.74) is -2.85. The first-order valence-corrected chi connectivity index (χ1v) is 6.37. The highest BCUT2D eigenvalue weighted by atomic mass is 32.1. The molecule has 3 unspecified atom stereocenters. The lowest BCUT2D eigenvalue weighted by Crippen LogP contribution is -2.45. The van der Waals surface area contributed by atoms with E-state index in [1.807, 2.05) is 0 Å². The van der Waals surface area contributed by atoms with Gasteiger partial charge in [0.15, 0.2) is 16.8 Å². The van der Waals surface area contributed by atoms with Crippen molar-refractivity contribution in [3.63, 3.8) is 0 Å². The zero-order chi connectivity index (χ0) is 15.1. The standard InChI is InChI=1S/C10H11F3N2O3S2/c11-3-10(13)6(17)5(2-16)18-8(10)15-1-4(12)7(19)14-9(15)20/h1,5-6,8,16-17H,2-3H2,(H,14,19,20)/t5?,6-,8?,10?/m0/s1. The van der Waals surface area contributed by atoms with Crippen molar-refractivity contribution in [1.82, 2.24) is 9.55 Å². The molecule has 10 heteroatoms. The number of rotatable bonds is 3. The Morgan fingerprint density at radius 2 is 2.15 bits per heavy atom. The Morgan fingerprint density at radius 3 is 2.70 bits per heavy atom. The molecule has 5 nitrogen and oxygen atoms in total. The maximum absolute atomic E-state index is 14.5. The summed E-state index contributed by atoms with van der Waals surface area (Å²) < 4.78 is 46.4. The lowest BCUT2D eigenvalue weighted by molar-refractivity contribution is -0.0728. The van der Waals surface area contributed by atoms with Gasteiger partial charge in [0.25, 0.3) is 0 Å². The minimum absolute atomic E-state index is 0.192. The number of aliphatic hydroxyl groups is 2. The van der Waals surface area contributed by atoms with Crippen molar-refractivity contribution in [3.8, 4) is 0 Å². The lowest BCUT2D eigenvalue weighted by atomic mass is 9.97. The highest BCUT2D eigenvalue weighted by Crippen LogP contribution is 2.42. The van der Waals surface area contributed by atoms with E-state index in [-0.39, 0.29) is 9.41 Å². The van der Waals surface area contributed by atoms with Crippen LogP contribution in [0.2, 0.25) is 0 Å². The molecular formula is C10H11F3N2O3S2. The molecule has 112 valence electrons. The lowest BCUT2D eigenvalue weighted by Gasteiger charge is -2.26. The van der Waals surface area contributed by atoms with Gasteiger partial charge in [-0.1, -0.05) is 12.2 Å². The molecule has 0 radical (unpaired) electrons. The van der Waals surface area contributed by atoms with E-state index in [0.717, 1.165) is 10.8 Å². The van der Waals surface area contributed by atoms with Crippen LogP contribution in [0.25, 0.3) is 0 Å². The quantitative estimate of drug-likeness (QED) is 0.731. The molecule has 0 amide bonds. The average molecular weight is 328 g/mol. The van der Waals surface area contributed by atoms with Crippen molar-refractivity contribution < 1.29 is 28.1 Å². The Morgan fingerprint density at radius 1 is 1.50 bits per heavy atom. The van der Waals surface area contributed by atoms with Crippen LogP contribution in [0.15, 0.2) is 6.20 Å². The highest BCUT2D eigenvalue weighted by Gasteiger charge is 2.58. The molecule has 0 saturated carbocycles. The first-order chi connectivity index (χ1) is 9.35. The summed E-state index contributed by atoms with van der Waals surface area (Å²) in [6, 6.07) is 0. The predicted molar refractivity (Wildman–Crippen MR) is 67.2 cm³/mol. The Balaban J connectivity index is 2.54. The molecule has 2 rings (SSSR count). The Bertz CT molecular complexity index is 623. The van der Waals surface area contributed by atoms with Gasteiger partial charge >= 0.3 is 0 Å². The fourth-order valence-electron chi connectivity index (χ4n) is 2.03. The number of nitrogens with one attached hydrogen (secondary N) is 1. The number of hydrogen-bond acceptors (Lipinski definition) is 5. The first-order valence-electron chi connectivity index (χ1n) is 5.55. The van der Waals surface area contributed by atoms with Gasteiger partial charge in [-0.3, -0.25) is 4.57 Å². The number of alkyl halides is 2. The number of aromatic nitrogens is 2. The van der Waals surface area contributed by atoms with Gasteiger partial charge in [0.2, 0.25) is 5.67 Å². The van der Waals surface area contributed by atoms with E-state index in [9.17, 15) is 18.3 Å². The number of ether oxygens (including phenoxy) is 1. The van der Waals surface area contributed by atoms with Gasteiger partial charge in [-0.05, 0) is 12.2 Å². The fourth-order valence-corrected chi connectivity index (χ4v) is 2.49. The van der Waals surface area contributed by atoms with Gasteiger partial charge < -0.3 is 19.9 Å². The smallest absolute Gasteiger partial charge is 0.212 e. The van der Waals surface area contributed by atoms with Gasteiger partial charge in [0.1, 0.15) is 23.5 Å². The third-order valence-corrected chi connectivity index (χ3v) is 3.73. The number of H-pyrrole nitrogens is 1. The second-order valence-electron chi connectivity index (χ2n) is 4.36. The summed E-state index contributed by atoms with van der Waals surface area (Å²) >= 11 is 9.48. The molecule has 2 heterocycles. The molecule has 0 spiro atoms. The third kappa shape index (κ3) is 2.31. The SMILES string of the molecule is OCC1OC(n2cc(F)c(=S)[nH]c2=S)C(F)(CF)[C@H]1O. The van der Waals surface area contributed by atoms with Crippen LogP contribution in [-0.4, -0.2) is 50.9 Å². The molecule has 1 aliphatic rings. The summed E-state index contributed by atoms with van der Waals surface area (Å²) in [5.74, 6) is -0.902. The molecule has 20 heavy (non-hydrogen) atoms. The van der Waals surface area contributed by atoms with E-state index >= 15 is 0 Å². The van der Waals surface area contributed by atoms with E-state index in [0.29, 0.717) is 0 Å². The fraction of sp³-hybridized carbons (Fsp3) is 0.600. The molecular weight excluding hydrogens is 317 g/mol. The van der Waals surface area contributed by atoms with E-state index in [1.165, 1.54) is 0 Å². The largest absolute Gasteiger partial charge is 0.394 e. The maximum Gasteiger partial charge on any atom is 0.212 e. The average Bonchev–Trinajstić information content (AvgIpc) is 2.67. The topological polar surface area (TPSA) is 70.4 Å². The molecule has 4 atom stereocenters. The van der Waals surface area contributed by atoms with Crippen molar-refractivity contribution in [2.75, 3.05) is 13.3 Å². The number of aliphatic hydroxyl groups excluding tert-OH is 2. The number of halogens is 3. The zero-order valence-corrected chi connectivity index (χ0v) is 11.6. The molecule has 3 N–H and O–H groups in total. The van der Waals surface area contributed by atoms with Crippen LogP contribution in [-0.2, 0) is 4.74 Å². The van der Waals surface area contributed by atoms with Gasteiger partial charge in [0, 0.05) is 6.20 Å². The van der Waals surface area contributed by atoms with E-state index in [2.05, 4.69) is 17.2 Å². The second kappa shape index (κ2) is 5.53. The Kier molecular flexibility index (Phi) is 4.30. The van der Waals surface area contributed by atoms with Crippen LogP contribution in [0.5, 0.6) is 0 Å². The summed E-state index contributed by atoms with van der Waals surface area (Å²) in [4.78, 5) is 2.30. The molecule has 0 aromatic carbocycles. The van der Waals surface area contributed by atoms with Crippen LogP contribution in [0, 0.1) is 15.2 Å². The first kappa shape index (κ1) is 15.6. The van der Waals surface area contributed by atoms with Crippen molar-refractivity contribution in [2.24, 2.45) is 0 Å². The minimum Gasteiger partial charge on any atom is -0.394 e. The Hall–Kier alpha value is -0.810. The molecule has 1 saturated heterocycles. The van der Waals surface area contributed by atoms with Gasteiger partial charge in [-0.25, -0.2) is 13.2 Å². The number of aromatic amines is 1. The number of nitrogens with zero attached hydrogens (tertiary/aromatic N) is 1. The summed E-state index contributed by atoms with van der Waals surface area (Å²) in [5, 5.41) is 18.7. The highest BCUT2D eigenvalue weighted by molar-refractivity contribution is 7.72. The van der Waals surface area contributed by atoms with Crippen molar-refractivity contribution in [1.29, 1.82) is 0 Å². The molecule has 0 bridgehead atoms. The summed E-state index contributed by atoms with van der Waals surface area (Å²) in [6.45, 7) is -2.31. The maximum atomic E-state index is 14.5. The minimum atomic E-state index is -2.85.